The van der Waals surface area contributed by atoms with Crippen LogP contribution in [0.5, 0.6) is 0 Å². The molecule has 0 aliphatic rings. The molecule has 6 heteroatoms. The Morgan fingerprint density at radius 2 is 1.54 bits per heavy atom. The van der Waals surface area contributed by atoms with Crippen LogP contribution in [0.25, 0.3) is 27.8 Å². The third kappa shape index (κ3) is 3.01. The maximum Gasteiger partial charge on any atom is 0.337 e. The molecule has 2 N–H and O–H groups in total. The van der Waals surface area contributed by atoms with Gasteiger partial charge in [-0.15, -0.1) is 0 Å². The maximum absolute atomic E-state index is 11.7. The number of nitrogens with zero attached hydrogens (tertiary/aromatic N) is 2. The lowest BCUT2D eigenvalue weighted by Crippen LogP contribution is -2.10. The van der Waals surface area contributed by atoms with Gasteiger partial charge in [-0.1, -0.05) is 30.3 Å². The molecule has 0 aliphatic heterocycles. The number of ether oxygens (including phenoxy) is 1. The topological polar surface area (TPSA) is 87.2 Å². The summed E-state index contributed by atoms with van der Waals surface area (Å²) in [7, 11) is 1.36. The van der Waals surface area contributed by atoms with Gasteiger partial charge in [-0.2, -0.15) is 5.10 Å². The number of carbonyl (C=O) groups excluding carboxylic acids is 2. The zero-order valence-corrected chi connectivity index (χ0v) is 15.1. The molecule has 0 atom stereocenters. The first kappa shape index (κ1) is 17.5. The molecule has 4 aromatic rings. The predicted octanol–water partition coefficient (Wildman–Crippen LogP) is 3.58. The summed E-state index contributed by atoms with van der Waals surface area (Å²) >= 11 is 0. The molecule has 138 valence electrons. The maximum atomic E-state index is 11.7. The van der Waals surface area contributed by atoms with Gasteiger partial charge in [0.25, 0.3) is 0 Å². The standard InChI is InChI=1S/C22H17N3O3/c1-28-22(27)16-8-6-14(7-9-16)20-18-4-2-3-5-19(18)25(24-20)17-12-10-15(11-13-17)21(23)26/h2-13H,1H3,(H2,23,26). The number of rotatable bonds is 4. The highest BCUT2D eigenvalue weighted by Crippen LogP contribution is 2.30. The molecule has 0 fully saturated rings. The predicted molar refractivity (Wildman–Crippen MR) is 106 cm³/mol. The van der Waals surface area contributed by atoms with Crippen LogP contribution in [-0.4, -0.2) is 28.8 Å². The van der Waals surface area contributed by atoms with Crippen molar-refractivity contribution in [2.75, 3.05) is 7.11 Å². The van der Waals surface area contributed by atoms with Crippen molar-refractivity contribution in [3.8, 4) is 16.9 Å². The van der Waals surface area contributed by atoms with Crippen LogP contribution in [0.2, 0.25) is 0 Å². The summed E-state index contributed by atoms with van der Waals surface area (Å²) in [6.45, 7) is 0. The zero-order valence-electron chi connectivity index (χ0n) is 15.1. The van der Waals surface area contributed by atoms with Crippen LogP contribution in [0.3, 0.4) is 0 Å². The molecule has 0 saturated heterocycles. The molecule has 3 aromatic carbocycles. The Balaban J connectivity index is 1.82. The SMILES string of the molecule is COC(=O)c1ccc(-c2nn(-c3ccc(C(N)=O)cc3)c3ccccc23)cc1. The fraction of sp³-hybridized carbons (Fsp3) is 0.0455. The van der Waals surface area contributed by atoms with Gasteiger partial charge in [0.1, 0.15) is 5.69 Å². The Morgan fingerprint density at radius 3 is 2.18 bits per heavy atom. The number of hydrogen-bond donors (Lipinski definition) is 1. The summed E-state index contributed by atoms with van der Waals surface area (Å²) in [5.74, 6) is -0.847. The summed E-state index contributed by atoms with van der Waals surface area (Å²) in [4.78, 5) is 23.0. The van der Waals surface area contributed by atoms with Gasteiger partial charge in [0, 0.05) is 16.5 Å². The molecule has 0 unspecified atom stereocenters. The zero-order chi connectivity index (χ0) is 19.7. The second-order valence-electron chi connectivity index (χ2n) is 6.26. The van der Waals surface area contributed by atoms with E-state index in [1.54, 1.807) is 24.3 Å². The van der Waals surface area contributed by atoms with Crippen LogP contribution in [0.1, 0.15) is 20.7 Å². The highest BCUT2D eigenvalue weighted by atomic mass is 16.5. The number of benzene rings is 3. The first-order chi connectivity index (χ1) is 13.6. The van der Waals surface area contributed by atoms with E-state index in [0.717, 1.165) is 27.8 Å². The van der Waals surface area contributed by atoms with Crippen LogP contribution in [0, 0.1) is 0 Å². The van der Waals surface area contributed by atoms with Gasteiger partial charge in [-0.3, -0.25) is 4.79 Å². The average Bonchev–Trinajstić information content (AvgIpc) is 3.13. The second kappa shape index (κ2) is 7.00. The van der Waals surface area contributed by atoms with Crippen molar-refractivity contribution in [3.63, 3.8) is 0 Å². The van der Waals surface area contributed by atoms with Crippen LogP contribution < -0.4 is 5.73 Å². The number of aromatic nitrogens is 2. The van der Waals surface area contributed by atoms with Gasteiger partial charge < -0.3 is 10.5 Å². The summed E-state index contributed by atoms with van der Waals surface area (Å²) in [5.41, 5.74) is 9.68. The quantitative estimate of drug-likeness (QED) is 0.556. The number of para-hydroxylation sites is 1. The number of hydrogen-bond acceptors (Lipinski definition) is 4. The fourth-order valence-corrected chi connectivity index (χ4v) is 3.13. The number of nitrogens with two attached hydrogens (primary N) is 1. The van der Waals surface area contributed by atoms with Gasteiger partial charge in [0.2, 0.25) is 5.91 Å². The van der Waals surface area contributed by atoms with E-state index >= 15 is 0 Å². The number of fused-ring (bicyclic) bond motifs is 1. The summed E-state index contributed by atoms with van der Waals surface area (Å²) < 4.78 is 6.57. The van der Waals surface area contributed by atoms with Crippen molar-refractivity contribution in [1.29, 1.82) is 0 Å². The summed E-state index contributed by atoms with van der Waals surface area (Å²) in [6, 6.07) is 22.0. The van der Waals surface area contributed by atoms with E-state index in [2.05, 4.69) is 0 Å². The number of methoxy groups -OCH3 is 1. The third-order valence-corrected chi connectivity index (χ3v) is 4.56. The van der Waals surface area contributed by atoms with E-state index in [0.29, 0.717) is 11.1 Å². The van der Waals surface area contributed by atoms with Gasteiger partial charge in [0.15, 0.2) is 0 Å². The molecule has 0 radical (unpaired) electrons. The molecule has 1 aromatic heterocycles. The molecular formula is C22H17N3O3. The van der Waals surface area contributed by atoms with Crippen LogP contribution >= 0.6 is 0 Å². The van der Waals surface area contributed by atoms with Crippen molar-refractivity contribution in [2.24, 2.45) is 5.73 Å². The monoisotopic (exact) mass is 371 g/mol. The van der Waals surface area contributed by atoms with Crippen molar-refractivity contribution in [1.82, 2.24) is 9.78 Å². The molecule has 0 bridgehead atoms. The molecule has 0 aliphatic carbocycles. The fourth-order valence-electron chi connectivity index (χ4n) is 3.13. The molecule has 6 nitrogen and oxygen atoms in total. The van der Waals surface area contributed by atoms with E-state index in [1.807, 2.05) is 53.2 Å². The molecule has 4 rings (SSSR count). The largest absolute Gasteiger partial charge is 0.465 e. The Labute approximate surface area is 161 Å². The van der Waals surface area contributed by atoms with Gasteiger partial charge >= 0.3 is 5.97 Å². The smallest absolute Gasteiger partial charge is 0.337 e. The van der Waals surface area contributed by atoms with E-state index in [4.69, 9.17) is 15.6 Å². The van der Waals surface area contributed by atoms with E-state index < -0.39 is 5.91 Å². The first-order valence-corrected chi connectivity index (χ1v) is 8.65. The van der Waals surface area contributed by atoms with E-state index in [9.17, 15) is 9.59 Å². The molecule has 0 spiro atoms. The highest BCUT2D eigenvalue weighted by Gasteiger charge is 2.14. The Bertz CT molecular complexity index is 1180. The van der Waals surface area contributed by atoms with Crippen LogP contribution in [-0.2, 0) is 4.74 Å². The second-order valence-corrected chi connectivity index (χ2v) is 6.26. The lowest BCUT2D eigenvalue weighted by Gasteiger charge is -2.04. The van der Waals surface area contributed by atoms with Crippen LogP contribution in [0.4, 0.5) is 0 Å². The molecule has 28 heavy (non-hydrogen) atoms. The van der Waals surface area contributed by atoms with Gasteiger partial charge in [-0.25, -0.2) is 9.48 Å². The minimum absolute atomic E-state index is 0.378. The average molecular weight is 371 g/mol. The number of esters is 1. The molecule has 1 amide bonds. The van der Waals surface area contributed by atoms with Crippen molar-refractivity contribution in [3.05, 3.63) is 83.9 Å². The van der Waals surface area contributed by atoms with E-state index in [1.165, 1.54) is 7.11 Å². The van der Waals surface area contributed by atoms with Crippen molar-refractivity contribution in [2.45, 2.75) is 0 Å². The van der Waals surface area contributed by atoms with Crippen LogP contribution in [0.15, 0.2) is 72.8 Å². The number of amides is 1. The molecular weight excluding hydrogens is 354 g/mol. The highest BCUT2D eigenvalue weighted by molar-refractivity contribution is 5.96. The minimum atomic E-state index is -0.469. The minimum Gasteiger partial charge on any atom is -0.465 e. The summed E-state index contributed by atoms with van der Waals surface area (Å²) in [5, 5.41) is 5.76. The Morgan fingerprint density at radius 1 is 0.893 bits per heavy atom. The lowest BCUT2D eigenvalue weighted by atomic mass is 10.1. The summed E-state index contributed by atoms with van der Waals surface area (Å²) in [6.07, 6.45) is 0. The van der Waals surface area contributed by atoms with Gasteiger partial charge in [0.05, 0.1) is 23.9 Å². The normalized spacial score (nSPS) is 10.8. The van der Waals surface area contributed by atoms with Crippen molar-refractivity contribution < 1.29 is 14.3 Å². The first-order valence-electron chi connectivity index (χ1n) is 8.65. The molecule has 1 heterocycles. The Kier molecular flexibility index (Phi) is 4.37. The van der Waals surface area contributed by atoms with Gasteiger partial charge in [-0.05, 0) is 42.5 Å². The Hall–Kier alpha value is -3.93. The number of carbonyl (C=O) groups is 2. The lowest BCUT2D eigenvalue weighted by molar-refractivity contribution is 0.0600. The van der Waals surface area contributed by atoms with Crippen molar-refractivity contribution >= 4 is 22.8 Å². The third-order valence-electron chi connectivity index (χ3n) is 4.56. The number of primary amides is 1. The molecule has 0 saturated carbocycles. The van der Waals surface area contributed by atoms with E-state index in [-0.39, 0.29) is 5.97 Å².